The van der Waals surface area contributed by atoms with E-state index >= 15 is 0 Å². The molecule has 0 spiro atoms. The molecule has 0 bridgehead atoms. The number of benzene rings is 1. The highest BCUT2D eigenvalue weighted by molar-refractivity contribution is 5.76. The largest absolute Gasteiger partial charge is 0.497 e. The van der Waals surface area contributed by atoms with E-state index < -0.39 is 0 Å². The zero-order valence-electron chi connectivity index (χ0n) is 13.2. The third-order valence-electron chi connectivity index (χ3n) is 3.30. The molecule has 1 amide bonds. The molecule has 5 heteroatoms. The van der Waals surface area contributed by atoms with Gasteiger partial charge in [0.25, 0.3) is 0 Å². The van der Waals surface area contributed by atoms with Gasteiger partial charge in [-0.25, -0.2) is 0 Å². The number of rotatable bonds is 10. The third-order valence-corrected chi connectivity index (χ3v) is 3.30. The Morgan fingerprint density at radius 3 is 2.33 bits per heavy atom. The summed E-state index contributed by atoms with van der Waals surface area (Å²) < 4.78 is 10.6. The van der Waals surface area contributed by atoms with Gasteiger partial charge in [-0.2, -0.15) is 0 Å². The minimum Gasteiger partial charge on any atom is -0.497 e. The van der Waals surface area contributed by atoms with Crippen LogP contribution in [0.4, 0.5) is 0 Å². The lowest BCUT2D eigenvalue weighted by atomic mass is 10.3. The number of ether oxygens (including phenoxy) is 2. The van der Waals surface area contributed by atoms with Gasteiger partial charge >= 0.3 is 0 Å². The Kier molecular flexibility index (Phi) is 8.28. The number of nitrogens with one attached hydrogen (secondary N) is 1. The molecular weight excluding hydrogens is 268 g/mol. The van der Waals surface area contributed by atoms with Gasteiger partial charge < -0.3 is 19.7 Å². The molecule has 0 aliphatic rings. The fourth-order valence-corrected chi connectivity index (χ4v) is 1.92. The molecule has 21 heavy (non-hydrogen) atoms. The second kappa shape index (κ2) is 10.0. The number of carbonyl (C=O) groups is 1. The fraction of sp³-hybridized carbons (Fsp3) is 0.562. The van der Waals surface area contributed by atoms with Gasteiger partial charge in [0, 0.05) is 13.0 Å². The Labute approximate surface area is 127 Å². The van der Waals surface area contributed by atoms with Crippen molar-refractivity contribution in [3.63, 3.8) is 0 Å². The first kappa shape index (κ1) is 17.3. The van der Waals surface area contributed by atoms with Gasteiger partial charge in [-0.3, -0.25) is 4.79 Å². The summed E-state index contributed by atoms with van der Waals surface area (Å²) in [4.78, 5) is 13.9. The highest BCUT2D eigenvalue weighted by atomic mass is 16.5. The molecule has 1 rings (SSSR count). The minimum absolute atomic E-state index is 0.0697. The molecule has 0 aliphatic carbocycles. The summed E-state index contributed by atoms with van der Waals surface area (Å²) in [5.41, 5.74) is 0. The summed E-state index contributed by atoms with van der Waals surface area (Å²) >= 11 is 0. The van der Waals surface area contributed by atoms with Crippen molar-refractivity contribution in [2.45, 2.75) is 20.3 Å². The van der Waals surface area contributed by atoms with Gasteiger partial charge in [0.05, 0.1) is 13.7 Å². The van der Waals surface area contributed by atoms with Gasteiger partial charge in [-0.15, -0.1) is 0 Å². The van der Waals surface area contributed by atoms with Crippen LogP contribution in [-0.4, -0.2) is 50.7 Å². The molecular formula is C16H26N2O3. The maximum absolute atomic E-state index is 11.7. The first-order valence-corrected chi connectivity index (χ1v) is 7.45. The number of methoxy groups -OCH3 is 1. The van der Waals surface area contributed by atoms with Crippen LogP contribution in [0.5, 0.6) is 11.5 Å². The van der Waals surface area contributed by atoms with E-state index in [1.807, 2.05) is 24.3 Å². The smallest absolute Gasteiger partial charge is 0.221 e. The highest BCUT2D eigenvalue weighted by Crippen LogP contribution is 2.16. The monoisotopic (exact) mass is 294 g/mol. The lowest BCUT2D eigenvalue weighted by Crippen LogP contribution is -2.32. The molecule has 0 aliphatic heterocycles. The topological polar surface area (TPSA) is 50.8 Å². The maximum atomic E-state index is 11.7. The van der Waals surface area contributed by atoms with Crippen LogP contribution in [0.25, 0.3) is 0 Å². The van der Waals surface area contributed by atoms with Crippen LogP contribution < -0.4 is 14.8 Å². The van der Waals surface area contributed by atoms with E-state index in [9.17, 15) is 4.79 Å². The number of carbonyl (C=O) groups excluding carboxylic acids is 1. The summed E-state index contributed by atoms with van der Waals surface area (Å²) in [6.07, 6.45) is 0.532. The lowest BCUT2D eigenvalue weighted by molar-refractivity contribution is -0.121. The van der Waals surface area contributed by atoms with Crippen molar-refractivity contribution < 1.29 is 14.3 Å². The Morgan fingerprint density at radius 2 is 1.76 bits per heavy atom. The van der Waals surface area contributed by atoms with Crippen LogP contribution in [0.15, 0.2) is 24.3 Å². The Bertz CT molecular complexity index is 402. The predicted octanol–water partition coefficient (Wildman–Crippen LogP) is 1.92. The number of nitrogens with zero attached hydrogens (tertiary/aromatic N) is 1. The van der Waals surface area contributed by atoms with Gasteiger partial charge in [0.2, 0.25) is 5.91 Å². The van der Waals surface area contributed by atoms with Crippen molar-refractivity contribution in [2.75, 3.05) is 39.9 Å². The van der Waals surface area contributed by atoms with Crippen LogP contribution in [0.3, 0.4) is 0 Å². The maximum Gasteiger partial charge on any atom is 0.221 e. The Balaban J connectivity index is 2.13. The van der Waals surface area contributed by atoms with Gasteiger partial charge in [0.15, 0.2) is 0 Å². The lowest BCUT2D eigenvalue weighted by Gasteiger charge is -2.17. The first-order valence-electron chi connectivity index (χ1n) is 7.45. The summed E-state index contributed by atoms with van der Waals surface area (Å²) in [6, 6.07) is 7.39. The molecule has 118 valence electrons. The van der Waals surface area contributed by atoms with Crippen LogP contribution in [0, 0.1) is 0 Å². The average molecular weight is 294 g/mol. The van der Waals surface area contributed by atoms with Crippen molar-refractivity contribution in [1.82, 2.24) is 10.2 Å². The minimum atomic E-state index is 0.0697. The Hall–Kier alpha value is -1.75. The van der Waals surface area contributed by atoms with Gasteiger partial charge in [-0.05, 0) is 37.4 Å². The molecule has 1 N–H and O–H groups in total. The van der Waals surface area contributed by atoms with Crippen molar-refractivity contribution >= 4 is 5.91 Å². The number of hydrogen-bond acceptors (Lipinski definition) is 4. The van der Waals surface area contributed by atoms with Crippen molar-refractivity contribution in [3.8, 4) is 11.5 Å². The molecule has 0 atom stereocenters. The van der Waals surface area contributed by atoms with E-state index in [-0.39, 0.29) is 5.91 Å². The van der Waals surface area contributed by atoms with Gasteiger partial charge in [0.1, 0.15) is 18.1 Å². The molecule has 1 aromatic rings. The molecule has 0 unspecified atom stereocenters. The van der Waals surface area contributed by atoms with E-state index in [2.05, 4.69) is 24.1 Å². The highest BCUT2D eigenvalue weighted by Gasteiger charge is 2.04. The molecule has 0 fully saturated rings. The molecule has 0 aromatic heterocycles. The van der Waals surface area contributed by atoms with E-state index in [4.69, 9.17) is 9.47 Å². The number of hydrogen-bond donors (Lipinski definition) is 1. The summed E-state index contributed by atoms with van der Waals surface area (Å²) in [7, 11) is 1.63. The summed E-state index contributed by atoms with van der Waals surface area (Å²) in [5.74, 6) is 1.64. The van der Waals surface area contributed by atoms with Crippen molar-refractivity contribution in [2.24, 2.45) is 0 Å². The fourth-order valence-electron chi connectivity index (χ4n) is 1.92. The van der Waals surface area contributed by atoms with Gasteiger partial charge in [-0.1, -0.05) is 13.8 Å². The van der Waals surface area contributed by atoms with E-state index in [1.54, 1.807) is 7.11 Å². The van der Waals surface area contributed by atoms with E-state index in [1.165, 1.54) is 0 Å². The van der Waals surface area contributed by atoms with E-state index in [0.717, 1.165) is 31.1 Å². The standard InChI is InChI=1S/C16H26N2O3/c1-4-18(5-2)12-10-16(19)17-11-13-21-15-8-6-14(20-3)7-9-15/h6-9H,4-5,10-13H2,1-3H3,(H,17,19). The van der Waals surface area contributed by atoms with Crippen molar-refractivity contribution in [3.05, 3.63) is 24.3 Å². The second-order valence-corrected chi connectivity index (χ2v) is 4.65. The predicted molar refractivity (Wildman–Crippen MR) is 83.9 cm³/mol. The van der Waals surface area contributed by atoms with Crippen LogP contribution in [0.1, 0.15) is 20.3 Å². The van der Waals surface area contributed by atoms with Crippen LogP contribution >= 0.6 is 0 Å². The quantitative estimate of drug-likeness (QED) is 0.670. The molecule has 5 nitrogen and oxygen atoms in total. The zero-order valence-corrected chi connectivity index (χ0v) is 13.2. The third kappa shape index (κ3) is 6.99. The molecule has 1 aromatic carbocycles. The Morgan fingerprint density at radius 1 is 1.14 bits per heavy atom. The van der Waals surface area contributed by atoms with Crippen LogP contribution in [0.2, 0.25) is 0 Å². The van der Waals surface area contributed by atoms with Crippen LogP contribution in [-0.2, 0) is 4.79 Å². The average Bonchev–Trinajstić information content (AvgIpc) is 2.53. The first-order chi connectivity index (χ1) is 10.2. The molecule has 0 saturated carbocycles. The van der Waals surface area contributed by atoms with Crippen molar-refractivity contribution in [1.29, 1.82) is 0 Å². The molecule has 0 saturated heterocycles. The normalized spacial score (nSPS) is 10.5. The molecule has 0 heterocycles. The summed E-state index contributed by atoms with van der Waals surface area (Å²) in [5, 5.41) is 2.86. The summed E-state index contributed by atoms with van der Waals surface area (Å²) in [6.45, 7) is 7.94. The van der Waals surface area contributed by atoms with E-state index in [0.29, 0.717) is 19.6 Å². The molecule has 0 radical (unpaired) electrons. The number of amides is 1. The second-order valence-electron chi connectivity index (χ2n) is 4.65. The zero-order chi connectivity index (χ0) is 15.5. The SMILES string of the molecule is CCN(CC)CCC(=O)NCCOc1ccc(OC)cc1.